The predicted molar refractivity (Wildman–Crippen MR) is 236 cm³/mol. The fourth-order valence-electron chi connectivity index (χ4n) is 6.77. The minimum atomic E-state index is -3.65. The quantitative estimate of drug-likeness (QED) is 0.0651. The smallest absolute Gasteiger partial charge is 0.323 e. The SMILES string of the molecule is COc1cc(Nc2cc(Oc3ccc(NC(=O)Nc4cc(C(C)(C)C)cc(NS(C)(=O)=O)c4OC)c4ccccc34)ccn2)cc(OC)c1C(=O)NCCN1CCNCC1. The van der Waals surface area contributed by atoms with Gasteiger partial charge in [0.25, 0.3) is 5.91 Å². The van der Waals surface area contributed by atoms with Gasteiger partial charge in [-0.25, -0.2) is 18.2 Å². The lowest BCUT2D eigenvalue weighted by atomic mass is 9.86. The highest BCUT2D eigenvalue weighted by atomic mass is 32.2. The number of hydrogen-bond acceptors (Lipinski definition) is 12. The zero-order valence-electron chi connectivity index (χ0n) is 34.8. The van der Waals surface area contributed by atoms with Crippen LogP contribution in [0.5, 0.6) is 28.7 Å². The van der Waals surface area contributed by atoms with Crippen molar-refractivity contribution >= 4 is 61.3 Å². The Kier molecular flexibility index (Phi) is 13.5. The van der Waals surface area contributed by atoms with Crippen molar-refractivity contribution in [2.45, 2.75) is 26.2 Å². The van der Waals surface area contributed by atoms with Gasteiger partial charge < -0.3 is 45.5 Å². The van der Waals surface area contributed by atoms with E-state index >= 15 is 0 Å². The molecule has 2 heterocycles. The minimum absolute atomic E-state index is 0.165. The van der Waals surface area contributed by atoms with Crippen LogP contribution < -0.4 is 50.3 Å². The number of anilines is 5. The van der Waals surface area contributed by atoms with Crippen molar-refractivity contribution in [3.05, 3.63) is 90.1 Å². The topological polar surface area (TPSA) is 194 Å². The normalized spacial score (nSPS) is 13.2. The molecule has 0 saturated carbocycles. The first-order valence-electron chi connectivity index (χ1n) is 19.3. The number of nitrogens with zero attached hydrogens (tertiary/aromatic N) is 2. The molecular weight excluding hydrogens is 789 g/mol. The number of ether oxygens (including phenoxy) is 4. The van der Waals surface area contributed by atoms with Crippen molar-refractivity contribution in [1.82, 2.24) is 20.5 Å². The highest BCUT2D eigenvalue weighted by Gasteiger charge is 2.24. The molecule has 60 heavy (non-hydrogen) atoms. The molecule has 0 unspecified atom stereocenters. The van der Waals surface area contributed by atoms with Crippen LogP contribution in [0.25, 0.3) is 10.8 Å². The molecule has 1 aromatic heterocycles. The third kappa shape index (κ3) is 10.8. The van der Waals surface area contributed by atoms with Crippen LogP contribution in [0.3, 0.4) is 0 Å². The number of carbonyl (C=O) groups excluding carboxylic acids is 2. The summed E-state index contributed by atoms with van der Waals surface area (Å²) in [4.78, 5) is 33.6. The fraction of sp³-hybridized carbons (Fsp3) is 0.326. The molecule has 4 aromatic carbocycles. The Morgan fingerprint density at radius 1 is 0.817 bits per heavy atom. The van der Waals surface area contributed by atoms with Gasteiger partial charge in [-0.05, 0) is 41.3 Å². The summed E-state index contributed by atoms with van der Waals surface area (Å²) >= 11 is 0. The van der Waals surface area contributed by atoms with Gasteiger partial charge >= 0.3 is 6.03 Å². The van der Waals surface area contributed by atoms with Crippen LogP contribution >= 0.6 is 0 Å². The standard InChI is InChI=1S/C43H52N8O8S/c1-43(2,3)27-22-33(40(58-6)34(23-27)50-60(7,54)55)49-42(53)48-32-12-13-35(31-11-9-8-10-30(31)32)59-29-14-15-45-38(26-29)47-28-24-36(56-4)39(37(25-28)57-5)41(52)46-18-21-51-19-16-44-17-20-51/h8-15,22-26,44,50H,16-21H2,1-7H3,(H,45,47)(H,46,52)(H2,48,49,53). The Morgan fingerprint density at radius 3 is 2.13 bits per heavy atom. The van der Waals surface area contributed by atoms with E-state index in [4.69, 9.17) is 18.9 Å². The molecule has 16 nitrogen and oxygen atoms in total. The first-order chi connectivity index (χ1) is 28.6. The molecule has 318 valence electrons. The van der Waals surface area contributed by atoms with Crippen molar-refractivity contribution in [3.8, 4) is 28.7 Å². The van der Waals surface area contributed by atoms with Crippen LogP contribution in [-0.2, 0) is 15.4 Å². The summed E-state index contributed by atoms with van der Waals surface area (Å²) in [6.45, 7) is 10.9. The Morgan fingerprint density at radius 2 is 1.48 bits per heavy atom. The van der Waals surface area contributed by atoms with Crippen molar-refractivity contribution in [3.63, 3.8) is 0 Å². The van der Waals surface area contributed by atoms with E-state index in [1.54, 1.807) is 54.7 Å². The molecule has 1 aliphatic heterocycles. The molecular formula is C43H52N8O8S. The van der Waals surface area contributed by atoms with E-state index in [0.717, 1.165) is 49.9 Å². The molecule has 5 aromatic rings. The summed E-state index contributed by atoms with van der Waals surface area (Å²) in [7, 11) is 0.755. The van der Waals surface area contributed by atoms with Gasteiger partial charge in [0, 0.05) is 80.1 Å². The second-order valence-electron chi connectivity index (χ2n) is 15.2. The van der Waals surface area contributed by atoms with Gasteiger partial charge in [-0.15, -0.1) is 0 Å². The second kappa shape index (κ2) is 18.7. The number of amides is 3. The summed E-state index contributed by atoms with van der Waals surface area (Å²) in [5.41, 5.74) is 2.28. The summed E-state index contributed by atoms with van der Waals surface area (Å²) in [5.74, 6) is 2.02. The molecule has 0 aliphatic carbocycles. The summed E-state index contributed by atoms with van der Waals surface area (Å²) in [5, 5.41) is 16.8. The van der Waals surface area contributed by atoms with Crippen LogP contribution in [0.15, 0.2) is 79.0 Å². The number of sulfonamides is 1. The van der Waals surface area contributed by atoms with E-state index in [-0.39, 0.29) is 28.4 Å². The lowest BCUT2D eigenvalue weighted by molar-refractivity contribution is 0.0941. The van der Waals surface area contributed by atoms with Gasteiger partial charge in [-0.2, -0.15) is 0 Å². The van der Waals surface area contributed by atoms with Crippen molar-refractivity contribution < 1.29 is 37.0 Å². The minimum Gasteiger partial charge on any atom is -0.496 e. The van der Waals surface area contributed by atoms with Crippen LogP contribution in [0.2, 0.25) is 0 Å². The van der Waals surface area contributed by atoms with E-state index in [0.29, 0.717) is 57.7 Å². The van der Waals surface area contributed by atoms with Gasteiger partial charge in [0.1, 0.15) is 34.4 Å². The number of aromatic nitrogens is 1. The molecule has 0 bridgehead atoms. The monoisotopic (exact) mass is 840 g/mol. The zero-order chi connectivity index (χ0) is 43.0. The fourth-order valence-corrected chi connectivity index (χ4v) is 7.32. The number of benzene rings is 4. The number of carbonyl (C=O) groups is 2. The number of hydrogen-bond donors (Lipinski definition) is 6. The lowest BCUT2D eigenvalue weighted by Gasteiger charge is -2.27. The number of methoxy groups -OCH3 is 3. The predicted octanol–water partition coefficient (Wildman–Crippen LogP) is 6.74. The number of fused-ring (bicyclic) bond motifs is 1. The maximum atomic E-state index is 13.5. The van der Waals surface area contributed by atoms with Gasteiger partial charge in [0.15, 0.2) is 5.75 Å². The van der Waals surface area contributed by atoms with Crippen LogP contribution in [0, 0.1) is 0 Å². The molecule has 17 heteroatoms. The molecule has 0 radical (unpaired) electrons. The summed E-state index contributed by atoms with van der Waals surface area (Å²) in [6, 6.07) is 20.7. The summed E-state index contributed by atoms with van der Waals surface area (Å²) < 4.78 is 50.1. The maximum absolute atomic E-state index is 13.5. The van der Waals surface area contributed by atoms with E-state index in [2.05, 4.69) is 41.2 Å². The van der Waals surface area contributed by atoms with Crippen LogP contribution in [-0.4, -0.2) is 97.1 Å². The first-order valence-corrected chi connectivity index (χ1v) is 21.2. The van der Waals surface area contributed by atoms with Crippen molar-refractivity contribution in [2.75, 3.05) is 87.5 Å². The van der Waals surface area contributed by atoms with Gasteiger partial charge in [0.05, 0.1) is 44.6 Å². The number of pyridine rings is 1. The van der Waals surface area contributed by atoms with E-state index in [1.807, 2.05) is 45.0 Å². The van der Waals surface area contributed by atoms with Crippen molar-refractivity contribution in [1.29, 1.82) is 0 Å². The van der Waals surface area contributed by atoms with Gasteiger partial charge in [-0.3, -0.25) is 14.4 Å². The average molecular weight is 841 g/mol. The van der Waals surface area contributed by atoms with E-state index in [1.165, 1.54) is 21.3 Å². The average Bonchev–Trinajstić information content (AvgIpc) is 3.21. The number of urea groups is 1. The molecule has 0 spiro atoms. The number of nitrogens with one attached hydrogen (secondary N) is 6. The molecule has 1 aliphatic rings. The largest absolute Gasteiger partial charge is 0.496 e. The van der Waals surface area contributed by atoms with Crippen LogP contribution in [0.1, 0.15) is 36.7 Å². The maximum Gasteiger partial charge on any atom is 0.323 e. The summed E-state index contributed by atoms with van der Waals surface area (Å²) in [6.07, 6.45) is 2.66. The molecule has 3 amide bonds. The molecule has 1 saturated heterocycles. The van der Waals surface area contributed by atoms with Crippen molar-refractivity contribution in [2.24, 2.45) is 0 Å². The Bertz CT molecular complexity index is 2440. The Hall–Kier alpha value is -6.30. The third-order valence-electron chi connectivity index (χ3n) is 9.72. The highest BCUT2D eigenvalue weighted by Crippen LogP contribution is 2.40. The lowest BCUT2D eigenvalue weighted by Crippen LogP contribution is -2.46. The Balaban J connectivity index is 1.18. The number of piperazine rings is 1. The first kappa shape index (κ1) is 43.3. The second-order valence-corrected chi connectivity index (χ2v) is 16.9. The van der Waals surface area contributed by atoms with E-state index in [9.17, 15) is 18.0 Å². The molecule has 6 rings (SSSR count). The molecule has 6 N–H and O–H groups in total. The molecule has 1 fully saturated rings. The van der Waals surface area contributed by atoms with E-state index < -0.39 is 16.1 Å². The molecule has 0 atom stereocenters. The number of rotatable bonds is 15. The van der Waals surface area contributed by atoms with Crippen LogP contribution in [0.4, 0.5) is 33.4 Å². The third-order valence-corrected chi connectivity index (χ3v) is 10.3. The Labute approximate surface area is 350 Å². The zero-order valence-corrected chi connectivity index (χ0v) is 35.6. The highest BCUT2D eigenvalue weighted by molar-refractivity contribution is 7.92. The van der Waals surface area contributed by atoms with Gasteiger partial charge in [-0.1, -0.05) is 45.0 Å². The van der Waals surface area contributed by atoms with Gasteiger partial charge in [0.2, 0.25) is 10.0 Å².